The molecule has 0 aliphatic rings. The molecule has 0 spiro atoms. The fraction of sp³-hybridized carbons (Fsp3) is 0.417. The normalized spacial score (nSPS) is 11.9. The Bertz CT molecular complexity index is 404. The van der Waals surface area contributed by atoms with Crippen LogP contribution >= 0.6 is 0 Å². The molecule has 0 saturated carbocycles. The van der Waals surface area contributed by atoms with Crippen molar-refractivity contribution in [2.75, 3.05) is 32.7 Å². The van der Waals surface area contributed by atoms with Crippen LogP contribution in [0.3, 0.4) is 0 Å². The van der Waals surface area contributed by atoms with Crippen LogP contribution in [0.2, 0.25) is 0 Å². The highest BCUT2D eigenvalue weighted by atomic mass is 19.1. The minimum absolute atomic E-state index is 0.114. The van der Waals surface area contributed by atoms with Crippen LogP contribution < -0.4 is 5.32 Å². The quantitative estimate of drug-likeness (QED) is 0.820. The van der Waals surface area contributed by atoms with Gasteiger partial charge in [-0.1, -0.05) is 0 Å². The molecule has 17 heavy (non-hydrogen) atoms. The van der Waals surface area contributed by atoms with Crippen LogP contribution in [0.25, 0.3) is 0 Å². The molecule has 0 aliphatic heterocycles. The first-order valence-corrected chi connectivity index (χ1v) is 5.16. The fourth-order valence-corrected chi connectivity index (χ4v) is 1.38. The molecule has 1 atom stereocenters. The Balaban J connectivity index is 2.65. The second-order valence-electron chi connectivity index (χ2n) is 3.50. The molecular formula is C12H15FN2O2. The number of rotatable bonds is 6. The second kappa shape index (κ2) is 6.84. The second-order valence-corrected chi connectivity index (χ2v) is 3.50. The smallest absolute Gasteiger partial charge is 0.124 e. The zero-order valence-electron chi connectivity index (χ0n) is 9.87. The monoisotopic (exact) mass is 238 g/mol. The number of hydrogen-bond acceptors (Lipinski definition) is 4. The molecule has 0 radical (unpaired) electrons. The van der Waals surface area contributed by atoms with Gasteiger partial charge in [0.25, 0.3) is 0 Å². The summed E-state index contributed by atoms with van der Waals surface area (Å²) < 4.78 is 23.0. The minimum Gasteiger partial charge on any atom is -0.382 e. The molecular weight excluding hydrogens is 223 g/mol. The fourth-order valence-electron chi connectivity index (χ4n) is 1.38. The third kappa shape index (κ3) is 4.02. The van der Waals surface area contributed by atoms with Crippen molar-refractivity contribution in [3.8, 4) is 6.07 Å². The Morgan fingerprint density at radius 3 is 2.82 bits per heavy atom. The van der Waals surface area contributed by atoms with Gasteiger partial charge in [-0.15, -0.1) is 0 Å². The lowest BCUT2D eigenvalue weighted by Crippen LogP contribution is -2.26. The first-order valence-electron chi connectivity index (χ1n) is 5.16. The van der Waals surface area contributed by atoms with Gasteiger partial charge in [0.1, 0.15) is 11.9 Å². The molecule has 5 heteroatoms. The molecule has 0 heterocycles. The zero-order chi connectivity index (χ0) is 12.7. The summed E-state index contributed by atoms with van der Waals surface area (Å²) in [5.41, 5.74) is 0.865. The van der Waals surface area contributed by atoms with E-state index in [0.717, 1.165) is 0 Å². The molecule has 0 amide bonds. The Morgan fingerprint density at radius 1 is 1.47 bits per heavy atom. The molecule has 4 nitrogen and oxygen atoms in total. The van der Waals surface area contributed by atoms with Gasteiger partial charge in [0, 0.05) is 20.8 Å². The lowest BCUT2D eigenvalue weighted by molar-refractivity contribution is 0.0365. The van der Waals surface area contributed by atoms with Gasteiger partial charge in [-0.2, -0.15) is 5.26 Å². The molecule has 1 rings (SSSR count). The van der Waals surface area contributed by atoms with Crippen molar-refractivity contribution < 1.29 is 13.9 Å². The molecule has 0 aromatic heterocycles. The molecule has 0 aliphatic carbocycles. The highest BCUT2D eigenvalue weighted by Crippen LogP contribution is 2.15. The van der Waals surface area contributed by atoms with Crippen molar-refractivity contribution in [1.29, 1.82) is 5.26 Å². The van der Waals surface area contributed by atoms with Crippen molar-refractivity contribution in [1.82, 2.24) is 0 Å². The van der Waals surface area contributed by atoms with Gasteiger partial charge in [0.15, 0.2) is 0 Å². The number of nitriles is 1. The maximum absolute atomic E-state index is 12.9. The van der Waals surface area contributed by atoms with Crippen molar-refractivity contribution in [3.63, 3.8) is 0 Å². The van der Waals surface area contributed by atoms with Crippen LogP contribution in [0.4, 0.5) is 10.1 Å². The number of nitrogens with one attached hydrogen (secondary N) is 1. The summed E-state index contributed by atoms with van der Waals surface area (Å²) in [6, 6.07) is 5.97. The van der Waals surface area contributed by atoms with Crippen LogP contribution in [0.15, 0.2) is 18.2 Å². The van der Waals surface area contributed by atoms with E-state index in [-0.39, 0.29) is 11.7 Å². The van der Waals surface area contributed by atoms with Crippen LogP contribution in [-0.2, 0) is 9.47 Å². The SMILES string of the molecule is COCC(CNc1ccc(F)cc1C#N)OC. The number of methoxy groups -OCH3 is 2. The third-order valence-corrected chi connectivity index (χ3v) is 2.31. The van der Waals surface area contributed by atoms with Gasteiger partial charge in [0.2, 0.25) is 0 Å². The van der Waals surface area contributed by atoms with Gasteiger partial charge < -0.3 is 14.8 Å². The molecule has 1 N–H and O–H groups in total. The molecule has 1 unspecified atom stereocenters. The summed E-state index contributed by atoms with van der Waals surface area (Å²) in [5, 5.41) is 11.9. The van der Waals surface area contributed by atoms with E-state index in [1.807, 2.05) is 6.07 Å². The summed E-state index contributed by atoms with van der Waals surface area (Å²) in [6.07, 6.45) is -0.114. The van der Waals surface area contributed by atoms with Crippen LogP contribution in [0.5, 0.6) is 0 Å². The first-order chi connectivity index (χ1) is 8.21. The van der Waals surface area contributed by atoms with Gasteiger partial charge in [0.05, 0.1) is 24.0 Å². The van der Waals surface area contributed by atoms with E-state index < -0.39 is 5.82 Å². The Hall–Kier alpha value is -1.64. The minimum atomic E-state index is -0.424. The van der Waals surface area contributed by atoms with Gasteiger partial charge in [-0.3, -0.25) is 0 Å². The maximum atomic E-state index is 12.9. The van der Waals surface area contributed by atoms with Crippen molar-refractivity contribution >= 4 is 5.69 Å². The molecule has 1 aromatic carbocycles. The van der Waals surface area contributed by atoms with Gasteiger partial charge in [-0.25, -0.2) is 4.39 Å². The highest BCUT2D eigenvalue weighted by molar-refractivity contribution is 5.57. The van der Waals surface area contributed by atoms with Crippen molar-refractivity contribution in [2.24, 2.45) is 0 Å². The summed E-state index contributed by atoms with van der Waals surface area (Å²) in [6.45, 7) is 0.942. The van der Waals surface area contributed by atoms with E-state index in [0.29, 0.717) is 18.8 Å². The number of ether oxygens (including phenoxy) is 2. The molecule has 0 saturated heterocycles. The number of halogens is 1. The topological polar surface area (TPSA) is 54.3 Å². The molecule has 92 valence electrons. The number of nitrogens with zero attached hydrogens (tertiary/aromatic N) is 1. The summed E-state index contributed by atoms with van der Waals surface area (Å²) in [5.74, 6) is -0.424. The predicted molar refractivity (Wildman–Crippen MR) is 62.3 cm³/mol. The summed E-state index contributed by atoms with van der Waals surface area (Å²) >= 11 is 0. The number of hydrogen-bond donors (Lipinski definition) is 1. The zero-order valence-corrected chi connectivity index (χ0v) is 9.87. The van der Waals surface area contributed by atoms with E-state index in [1.54, 1.807) is 14.2 Å². The standard InChI is InChI=1S/C12H15FN2O2/c1-16-8-11(17-2)7-15-12-4-3-10(13)5-9(12)6-14/h3-5,11,15H,7-8H2,1-2H3. The average molecular weight is 238 g/mol. The predicted octanol–water partition coefficient (Wildman–Crippen LogP) is 1.77. The molecule has 0 bridgehead atoms. The third-order valence-electron chi connectivity index (χ3n) is 2.31. The first kappa shape index (κ1) is 13.4. The van der Waals surface area contributed by atoms with Crippen LogP contribution in [0.1, 0.15) is 5.56 Å². The van der Waals surface area contributed by atoms with Gasteiger partial charge >= 0.3 is 0 Å². The van der Waals surface area contributed by atoms with E-state index in [1.165, 1.54) is 18.2 Å². The largest absolute Gasteiger partial charge is 0.382 e. The lowest BCUT2D eigenvalue weighted by atomic mass is 10.2. The highest BCUT2D eigenvalue weighted by Gasteiger charge is 2.08. The van der Waals surface area contributed by atoms with Crippen molar-refractivity contribution in [3.05, 3.63) is 29.6 Å². The number of anilines is 1. The van der Waals surface area contributed by atoms with Gasteiger partial charge in [-0.05, 0) is 18.2 Å². The van der Waals surface area contributed by atoms with E-state index in [4.69, 9.17) is 14.7 Å². The Kier molecular flexibility index (Phi) is 5.40. The Labute approximate surface area is 100.0 Å². The van der Waals surface area contributed by atoms with E-state index in [2.05, 4.69) is 5.32 Å². The van der Waals surface area contributed by atoms with E-state index >= 15 is 0 Å². The molecule has 1 aromatic rings. The number of benzene rings is 1. The van der Waals surface area contributed by atoms with Crippen LogP contribution in [0, 0.1) is 17.1 Å². The Morgan fingerprint density at radius 2 is 2.24 bits per heavy atom. The maximum Gasteiger partial charge on any atom is 0.124 e. The summed E-state index contributed by atoms with van der Waals surface area (Å²) in [7, 11) is 3.17. The van der Waals surface area contributed by atoms with E-state index in [9.17, 15) is 4.39 Å². The molecule has 0 fully saturated rings. The lowest BCUT2D eigenvalue weighted by Gasteiger charge is -2.16. The van der Waals surface area contributed by atoms with Crippen molar-refractivity contribution in [2.45, 2.75) is 6.10 Å². The summed E-state index contributed by atoms with van der Waals surface area (Å²) in [4.78, 5) is 0. The van der Waals surface area contributed by atoms with Crippen LogP contribution in [-0.4, -0.2) is 33.5 Å². The average Bonchev–Trinajstić information content (AvgIpc) is 2.35.